The minimum absolute atomic E-state index is 0.134. The number of carbonyl (C=O) groups excluding carboxylic acids is 1. The van der Waals surface area contributed by atoms with Crippen molar-refractivity contribution in [1.82, 2.24) is 15.3 Å². The van der Waals surface area contributed by atoms with Gasteiger partial charge >= 0.3 is 0 Å². The molecule has 1 fully saturated rings. The Balaban J connectivity index is 1.47. The van der Waals surface area contributed by atoms with Crippen LogP contribution in [0.3, 0.4) is 0 Å². The molecule has 1 saturated carbocycles. The van der Waals surface area contributed by atoms with Crippen molar-refractivity contribution in [2.75, 3.05) is 18.5 Å². The molecule has 3 aromatic rings. The van der Waals surface area contributed by atoms with Crippen LogP contribution in [0.2, 0.25) is 0 Å². The van der Waals surface area contributed by atoms with Crippen LogP contribution in [0.25, 0.3) is 20.7 Å². The lowest BCUT2D eigenvalue weighted by molar-refractivity contribution is -0.121. The van der Waals surface area contributed by atoms with Crippen LogP contribution in [0.4, 0.5) is 5.82 Å². The average Bonchev–Trinajstić information content (AvgIpc) is 3.36. The third-order valence-corrected chi connectivity index (χ3v) is 6.21. The Morgan fingerprint density at radius 3 is 2.78 bits per heavy atom. The van der Waals surface area contributed by atoms with Gasteiger partial charge < -0.3 is 10.2 Å². The first-order valence-electron chi connectivity index (χ1n) is 9.51. The van der Waals surface area contributed by atoms with Gasteiger partial charge in [-0.15, -0.1) is 11.3 Å². The van der Waals surface area contributed by atoms with Gasteiger partial charge in [0.2, 0.25) is 5.91 Å². The number of rotatable bonds is 6. The summed E-state index contributed by atoms with van der Waals surface area (Å²) < 4.78 is 0. The number of fused-ring (bicyclic) bond motifs is 1. The Bertz CT molecular complexity index is 918. The molecule has 0 radical (unpaired) electrons. The molecule has 0 atom stereocenters. The van der Waals surface area contributed by atoms with Gasteiger partial charge in [-0.3, -0.25) is 4.79 Å². The van der Waals surface area contributed by atoms with Crippen LogP contribution in [0, 0.1) is 0 Å². The van der Waals surface area contributed by atoms with Crippen molar-refractivity contribution >= 4 is 33.3 Å². The lowest BCUT2D eigenvalue weighted by Crippen LogP contribution is -2.35. The summed E-state index contributed by atoms with van der Waals surface area (Å²) in [4.78, 5) is 25.3. The van der Waals surface area contributed by atoms with E-state index in [0.29, 0.717) is 19.0 Å². The highest BCUT2D eigenvalue weighted by atomic mass is 32.1. The number of hydrogen-bond donors (Lipinski definition) is 1. The number of aromatic nitrogens is 2. The molecule has 1 aromatic carbocycles. The molecule has 0 bridgehead atoms. The first-order chi connectivity index (χ1) is 13.2. The molecule has 1 N–H and O–H groups in total. The van der Waals surface area contributed by atoms with Gasteiger partial charge in [0.05, 0.1) is 5.39 Å². The number of nitrogens with zero attached hydrogens (tertiary/aromatic N) is 3. The Morgan fingerprint density at radius 2 is 2.00 bits per heavy atom. The van der Waals surface area contributed by atoms with E-state index in [1.165, 1.54) is 23.3 Å². The molecule has 5 nitrogen and oxygen atoms in total. The Kier molecular flexibility index (Phi) is 5.34. The minimum atomic E-state index is 0.134. The summed E-state index contributed by atoms with van der Waals surface area (Å²) in [5.41, 5.74) is 1.19. The standard InChI is InChI=1S/C21H24N4OS/c1-25(12-11-19(26)24-16-9-5-6-10-16)20-17-13-18(15-7-3-2-4-8-15)27-21(17)23-14-22-20/h2-4,7-8,13-14,16H,5-6,9-12H2,1H3,(H,24,26). The number of anilines is 1. The van der Waals surface area contributed by atoms with E-state index >= 15 is 0 Å². The summed E-state index contributed by atoms with van der Waals surface area (Å²) in [7, 11) is 1.99. The van der Waals surface area contributed by atoms with Crippen molar-refractivity contribution in [2.45, 2.75) is 38.1 Å². The quantitative estimate of drug-likeness (QED) is 0.695. The molecule has 0 unspecified atom stereocenters. The average molecular weight is 381 g/mol. The SMILES string of the molecule is CN(CCC(=O)NC1CCCC1)c1ncnc2sc(-c3ccccc3)cc12. The summed E-state index contributed by atoms with van der Waals surface area (Å²) in [6, 6.07) is 12.8. The molecule has 1 aliphatic rings. The number of thiophene rings is 1. The van der Waals surface area contributed by atoms with Gasteiger partial charge in [0.15, 0.2) is 0 Å². The third-order valence-electron chi connectivity index (χ3n) is 5.12. The van der Waals surface area contributed by atoms with Crippen LogP contribution in [-0.2, 0) is 4.79 Å². The normalized spacial score (nSPS) is 14.6. The fourth-order valence-corrected chi connectivity index (χ4v) is 4.64. The summed E-state index contributed by atoms with van der Waals surface area (Å²) in [6.07, 6.45) is 6.78. The zero-order chi connectivity index (χ0) is 18.6. The molecular weight excluding hydrogens is 356 g/mol. The first-order valence-corrected chi connectivity index (χ1v) is 10.3. The number of carbonyl (C=O) groups is 1. The number of nitrogens with one attached hydrogen (secondary N) is 1. The van der Waals surface area contributed by atoms with E-state index in [9.17, 15) is 4.79 Å². The Labute approximate surface area is 163 Å². The van der Waals surface area contributed by atoms with Crippen molar-refractivity contribution in [1.29, 1.82) is 0 Å². The fraction of sp³-hybridized carbons (Fsp3) is 0.381. The van der Waals surface area contributed by atoms with Crippen LogP contribution in [-0.4, -0.2) is 35.5 Å². The molecular formula is C21H24N4OS. The minimum Gasteiger partial charge on any atom is -0.359 e. The van der Waals surface area contributed by atoms with Crippen molar-refractivity contribution in [3.05, 3.63) is 42.7 Å². The van der Waals surface area contributed by atoms with Gasteiger partial charge in [0.25, 0.3) is 0 Å². The van der Waals surface area contributed by atoms with Gasteiger partial charge in [-0.25, -0.2) is 9.97 Å². The summed E-state index contributed by atoms with van der Waals surface area (Å²) in [6.45, 7) is 0.640. The van der Waals surface area contributed by atoms with Crippen molar-refractivity contribution in [2.24, 2.45) is 0 Å². The maximum absolute atomic E-state index is 12.2. The molecule has 1 amide bonds. The van der Waals surface area contributed by atoms with Crippen LogP contribution < -0.4 is 10.2 Å². The second-order valence-corrected chi connectivity index (χ2v) is 8.14. The molecule has 27 heavy (non-hydrogen) atoms. The topological polar surface area (TPSA) is 58.1 Å². The highest BCUT2D eigenvalue weighted by Gasteiger charge is 2.18. The maximum atomic E-state index is 12.2. The number of benzene rings is 1. The summed E-state index contributed by atoms with van der Waals surface area (Å²) in [5, 5.41) is 4.19. The largest absolute Gasteiger partial charge is 0.359 e. The number of amides is 1. The van der Waals surface area contributed by atoms with Crippen molar-refractivity contribution < 1.29 is 4.79 Å². The molecule has 4 rings (SSSR count). The lowest BCUT2D eigenvalue weighted by atomic mass is 10.2. The van der Waals surface area contributed by atoms with E-state index in [-0.39, 0.29) is 5.91 Å². The highest BCUT2D eigenvalue weighted by molar-refractivity contribution is 7.21. The second-order valence-electron chi connectivity index (χ2n) is 7.11. The van der Waals surface area contributed by atoms with Gasteiger partial charge in [0.1, 0.15) is 17.0 Å². The van der Waals surface area contributed by atoms with Gasteiger partial charge in [-0.05, 0) is 24.5 Å². The molecule has 1 aliphatic carbocycles. The second kappa shape index (κ2) is 8.05. The van der Waals surface area contributed by atoms with E-state index in [1.807, 2.05) is 25.2 Å². The molecule has 0 saturated heterocycles. The molecule has 140 valence electrons. The fourth-order valence-electron chi connectivity index (χ4n) is 3.64. The zero-order valence-electron chi connectivity index (χ0n) is 15.5. The molecule has 2 heterocycles. The number of hydrogen-bond acceptors (Lipinski definition) is 5. The third kappa shape index (κ3) is 4.11. The van der Waals surface area contributed by atoms with E-state index in [4.69, 9.17) is 0 Å². The van der Waals surface area contributed by atoms with Crippen LogP contribution in [0.5, 0.6) is 0 Å². The Morgan fingerprint density at radius 1 is 1.22 bits per heavy atom. The maximum Gasteiger partial charge on any atom is 0.221 e. The summed E-state index contributed by atoms with van der Waals surface area (Å²) >= 11 is 1.67. The van der Waals surface area contributed by atoms with Gasteiger partial charge in [0, 0.05) is 30.9 Å². The van der Waals surface area contributed by atoms with Gasteiger partial charge in [-0.1, -0.05) is 43.2 Å². The van der Waals surface area contributed by atoms with Crippen molar-refractivity contribution in [3.8, 4) is 10.4 Å². The van der Waals surface area contributed by atoms with E-state index < -0.39 is 0 Å². The zero-order valence-corrected chi connectivity index (χ0v) is 16.3. The van der Waals surface area contributed by atoms with E-state index in [1.54, 1.807) is 17.7 Å². The predicted octanol–water partition coefficient (Wildman–Crippen LogP) is 4.24. The smallest absolute Gasteiger partial charge is 0.221 e. The predicted molar refractivity (Wildman–Crippen MR) is 111 cm³/mol. The van der Waals surface area contributed by atoms with Crippen molar-refractivity contribution in [3.63, 3.8) is 0 Å². The summed E-state index contributed by atoms with van der Waals surface area (Å²) in [5.74, 6) is 1.02. The van der Waals surface area contributed by atoms with Crippen LogP contribution in [0.15, 0.2) is 42.7 Å². The highest BCUT2D eigenvalue weighted by Crippen LogP contribution is 2.35. The molecule has 6 heteroatoms. The first kappa shape index (κ1) is 17.9. The Hall–Kier alpha value is -2.47. The van der Waals surface area contributed by atoms with Gasteiger partial charge in [-0.2, -0.15) is 0 Å². The monoisotopic (exact) mass is 380 g/mol. The van der Waals surface area contributed by atoms with Crippen LogP contribution in [0.1, 0.15) is 32.1 Å². The van der Waals surface area contributed by atoms with E-state index in [0.717, 1.165) is 28.9 Å². The van der Waals surface area contributed by atoms with E-state index in [2.05, 4.69) is 38.4 Å². The lowest BCUT2D eigenvalue weighted by Gasteiger charge is -2.19. The molecule has 0 spiro atoms. The molecule has 2 aromatic heterocycles. The van der Waals surface area contributed by atoms with Crippen LogP contribution >= 0.6 is 11.3 Å². The molecule has 0 aliphatic heterocycles.